The van der Waals surface area contributed by atoms with Crippen LogP contribution in [0.15, 0.2) is 17.3 Å². The lowest BCUT2D eigenvalue weighted by Crippen LogP contribution is -2.17. The van der Waals surface area contributed by atoms with E-state index in [4.69, 9.17) is 9.79 Å². The molecule has 0 aromatic rings. The lowest BCUT2D eigenvalue weighted by Gasteiger charge is -2.08. The number of carbonyl (C=O) groups is 1. The number of phosphoric acid groups is 1. The van der Waals surface area contributed by atoms with Gasteiger partial charge in [-0.1, -0.05) is 6.08 Å². The maximum atomic E-state index is 10.8. The normalized spacial score (nSPS) is 15.0. The fraction of sp³-hybridized carbons (Fsp3) is 0.200. The number of phosphoric ester groups is 1. The molecule has 0 saturated carbocycles. The molecule has 0 spiro atoms. The number of nitrogens with zero attached hydrogens (tertiary/aromatic N) is 1. The predicted molar refractivity (Wildman–Crippen MR) is 46.6 cm³/mol. The molecular weight excluding hydrogens is 217 g/mol. The van der Waals surface area contributed by atoms with Gasteiger partial charge in [0.05, 0.1) is 0 Å². The van der Waals surface area contributed by atoms with E-state index in [1.807, 2.05) is 0 Å². The van der Waals surface area contributed by atoms with Gasteiger partial charge in [-0.15, -0.1) is 0 Å². The zero-order chi connectivity index (χ0) is 9.19. The van der Waals surface area contributed by atoms with Crippen molar-refractivity contribution in [3.8, 4) is 0 Å². The number of rotatable bonds is 1. The van der Waals surface area contributed by atoms with E-state index in [0.29, 0.717) is 0 Å². The number of ketones is 1. The van der Waals surface area contributed by atoms with Crippen molar-refractivity contribution in [2.24, 2.45) is 4.99 Å². The van der Waals surface area contributed by atoms with Crippen molar-refractivity contribution in [1.29, 1.82) is 0 Å². The molecule has 0 radical (unpaired) electrons. The number of carbonyl (C=O) groups excluding carboxylic acids is 1. The molecular formula is C5H10NO7P. The third-order valence-corrected chi connectivity index (χ3v) is 1.46. The van der Waals surface area contributed by atoms with Gasteiger partial charge >= 0.3 is 7.82 Å². The van der Waals surface area contributed by atoms with Gasteiger partial charge in [-0.05, 0) is 0 Å². The Bertz CT molecular complexity index is 303. The molecule has 82 valence electrons. The Kier molecular flexibility index (Phi) is 6.20. The zero-order valence-electron chi connectivity index (χ0n) is 6.88. The molecule has 0 unspecified atom stereocenters. The van der Waals surface area contributed by atoms with Gasteiger partial charge in [0.2, 0.25) is 5.78 Å². The molecule has 0 aromatic heterocycles. The van der Waals surface area contributed by atoms with Crippen LogP contribution < -0.4 is 0 Å². The van der Waals surface area contributed by atoms with Gasteiger partial charge in [-0.3, -0.25) is 14.6 Å². The fourth-order valence-electron chi connectivity index (χ4n) is 0.627. The highest BCUT2D eigenvalue weighted by atomic mass is 31.2. The van der Waals surface area contributed by atoms with E-state index in [2.05, 4.69) is 9.52 Å². The maximum absolute atomic E-state index is 10.8. The van der Waals surface area contributed by atoms with Crippen LogP contribution in [-0.2, 0) is 13.9 Å². The Morgan fingerprint density at radius 2 is 2.00 bits per heavy atom. The smallest absolute Gasteiger partial charge is 0.412 e. The first-order valence-electron chi connectivity index (χ1n) is 3.00. The highest BCUT2D eigenvalue weighted by Crippen LogP contribution is 2.36. The Balaban J connectivity index is 0. The van der Waals surface area contributed by atoms with Crippen molar-refractivity contribution in [3.63, 3.8) is 0 Å². The molecule has 1 aliphatic rings. The van der Waals surface area contributed by atoms with E-state index >= 15 is 0 Å². The lowest BCUT2D eigenvalue weighted by molar-refractivity contribution is -0.113. The molecule has 0 bridgehead atoms. The van der Waals surface area contributed by atoms with E-state index in [-0.39, 0.29) is 17.4 Å². The van der Waals surface area contributed by atoms with Crippen LogP contribution in [0.3, 0.4) is 0 Å². The Morgan fingerprint density at radius 1 is 1.43 bits per heavy atom. The molecule has 0 atom stereocenters. The number of allylic oxidation sites excluding steroid dienone is 1. The quantitative estimate of drug-likeness (QED) is 0.511. The highest BCUT2D eigenvalue weighted by molar-refractivity contribution is 7.47. The van der Waals surface area contributed by atoms with Crippen LogP contribution in [0.25, 0.3) is 0 Å². The van der Waals surface area contributed by atoms with E-state index in [0.717, 1.165) is 0 Å². The second kappa shape index (κ2) is 5.63. The van der Waals surface area contributed by atoms with Gasteiger partial charge in [-0.2, -0.15) is 0 Å². The van der Waals surface area contributed by atoms with Gasteiger partial charge in [0.25, 0.3) is 5.90 Å². The Hall–Kier alpha value is -1.05. The third kappa shape index (κ3) is 4.85. The molecule has 1 heterocycles. The minimum Gasteiger partial charge on any atom is -0.412 e. The second-order valence-electron chi connectivity index (χ2n) is 2.03. The van der Waals surface area contributed by atoms with Crippen LogP contribution in [-0.4, -0.2) is 32.4 Å². The van der Waals surface area contributed by atoms with Gasteiger partial charge in [0.15, 0.2) is 0 Å². The summed E-state index contributed by atoms with van der Waals surface area (Å²) < 4.78 is 14.3. The number of hydrogen-bond acceptors (Lipinski definition) is 4. The molecule has 0 aliphatic carbocycles. The van der Waals surface area contributed by atoms with Crippen LogP contribution in [0, 0.1) is 0 Å². The average molecular weight is 227 g/mol. The molecule has 6 N–H and O–H groups in total. The van der Waals surface area contributed by atoms with Crippen LogP contribution in [0.4, 0.5) is 0 Å². The lowest BCUT2D eigenvalue weighted by atomic mass is 10.2. The standard InChI is InChI=1S/C5H6NO5P.2H2O/c7-4-2-1-3-6-5(4)11-12(8,9)10;;/h1,3H,2H2,(H2,8,9,10);2*1H2. The van der Waals surface area contributed by atoms with Gasteiger partial charge < -0.3 is 15.5 Å². The Labute approximate surface area is 78.8 Å². The fourth-order valence-corrected chi connectivity index (χ4v) is 1.00. The van der Waals surface area contributed by atoms with Crippen molar-refractivity contribution in [1.82, 2.24) is 0 Å². The minimum atomic E-state index is -4.66. The summed E-state index contributed by atoms with van der Waals surface area (Å²) in [5.41, 5.74) is 0. The molecule has 1 rings (SSSR count). The summed E-state index contributed by atoms with van der Waals surface area (Å²) in [6.45, 7) is 0. The van der Waals surface area contributed by atoms with Crippen LogP contribution in [0.2, 0.25) is 0 Å². The predicted octanol–water partition coefficient (Wildman–Crippen LogP) is -1.67. The minimum absolute atomic E-state index is 0. The van der Waals surface area contributed by atoms with E-state index in [1.54, 1.807) is 0 Å². The third-order valence-electron chi connectivity index (χ3n) is 1.04. The largest absolute Gasteiger partial charge is 0.526 e. The molecule has 8 nitrogen and oxygen atoms in total. The number of hydrogen-bond donors (Lipinski definition) is 2. The molecule has 0 fully saturated rings. The van der Waals surface area contributed by atoms with Crippen LogP contribution in [0.1, 0.15) is 6.42 Å². The summed E-state index contributed by atoms with van der Waals surface area (Å²) in [5, 5.41) is 0. The van der Waals surface area contributed by atoms with Crippen molar-refractivity contribution in [2.45, 2.75) is 6.42 Å². The number of aliphatic imine (C=N–C) groups is 1. The second-order valence-corrected chi connectivity index (χ2v) is 3.19. The average Bonchev–Trinajstić information content (AvgIpc) is 1.91. The molecule has 9 heteroatoms. The summed E-state index contributed by atoms with van der Waals surface area (Å²) in [5.74, 6) is -1.08. The maximum Gasteiger partial charge on any atom is 0.526 e. The van der Waals surface area contributed by atoms with Crippen LogP contribution in [0.5, 0.6) is 0 Å². The first kappa shape index (κ1) is 15.4. The molecule has 0 saturated heterocycles. The summed E-state index contributed by atoms with van der Waals surface area (Å²) in [4.78, 5) is 30.8. The summed E-state index contributed by atoms with van der Waals surface area (Å²) >= 11 is 0. The van der Waals surface area contributed by atoms with E-state index in [1.165, 1.54) is 12.3 Å². The summed E-state index contributed by atoms with van der Waals surface area (Å²) in [6.07, 6.45) is 2.78. The monoisotopic (exact) mass is 227 g/mol. The summed E-state index contributed by atoms with van der Waals surface area (Å²) in [7, 11) is -4.66. The first-order chi connectivity index (χ1) is 5.49. The highest BCUT2D eigenvalue weighted by Gasteiger charge is 2.24. The van der Waals surface area contributed by atoms with Crippen molar-refractivity contribution in [3.05, 3.63) is 12.3 Å². The van der Waals surface area contributed by atoms with Gasteiger partial charge in [0, 0.05) is 12.6 Å². The van der Waals surface area contributed by atoms with E-state index in [9.17, 15) is 9.36 Å². The van der Waals surface area contributed by atoms with Crippen molar-refractivity contribution >= 4 is 19.5 Å². The topological polar surface area (TPSA) is 159 Å². The molecule has 0 aromatic carbocycles. The van der Waals surface area contributed by atoms with Gasteiger partial charge in [-0.25, -0.2) is 9.56 Å². The Morgan fingerprint density at radius 3 is 2.43 bits per heavy atom. The molecule has 1 aliphatic heterocycles. The molecule has 0 amide bonds. The van der Waals surface area contributed by atoms with Crippen molar-refractivity contribution in [2.75, 3.05) is 0 Å². The zero-order valence-corrected chi connectivity index (χ0v) is 7.77. The SMILES string of the molecule is O.O.O=C1CC=CN=C1OP(=O)(O)O. The van der Waals surface area contributed by atoms with Crippen molar-refractivity contribution < 1.29 is 34.6 Å². The van der Waals surface area contributed by atoms with Gasteiger partial charge in [0.1, 0.15) is 0 Å². The van der Waals surface area contributed by atoms with Crippen LogP contribution >= 0.6 is 7.82 Å². The first-order valence-corrected chi connectivity index (χ1v) is 4.53. The molecule has 14 heavy (non-hydrogen) atoms. The summed E-state index contributed by atoms with van der Waals surface area (Å²) in [6, 6.07) is 0. The number of Topliss-reactive ketones (excluding diaryl/α,β-unsaturated/α-hetero) is 1. The van der Waals surface area contributed by atoms with E-state index < -0.39 is 19.5 Å².